The van der Waals surface area contributed by atoms with Crippen LogP contribution < -0.4 is 4.74 Å². The SMILES string of the molecule is CCOC(=O)C(OCC(C)(C)CBr)c1cc(C)ccc1OC. The molecule has 0 fully saturated rings. The molecule has 0 radical (unpaired) electrons. The summed E-state index contributed by atoms with van der Waals surface area (Å²) in [5.41, 5.74) is 1.65. The molecule has 4 nitrogen and oxygen atoms in total. The number of benzene rings is 1. The third kappa shape index (κ3) is 5.29. The highest BCUT2D eigenvalue weighted by atomic mass is 79.9. The monoisotopic (exact) mass is 372 g/mol. The van der Waals surface area contributed by atoms with E-state index in [1.165, 1.54) is 0 Å². The van der Waals surface area contributed by atoms with Crippen LogP contribution in [0.5, 0.6) is 5.75 Å². The molecule has 1 aromatic carbocycles. The quantitative estimate of drug-likeness (QED) is 0.510. The minimum atomic E-state index is -0.784. The molecule has 1 rings (SSSR count). The van der Waals surface area contributed by atoms with E-state index in [9.17, 15) is 4.79 Å². The summed E-state index contributed by atoms with van der Waals surface area (Å²) >= 11 is 3.46. The third-order valence-electron chi connectivity index (χ3n) is 3.17. The van der Waals surface area contributed by atoms with Crippen molar-refractivity contribution in [2.45, 2.75) is 33.8 Å². The van der Waals surface area contributed by atoms with Gasteiger partial charge in [-0.2, -0.15) is 0 Å². The van der Waals surface area contributed by atoms with Crippen LogP contribution in [0.1, 0.15) is 38.0 Å². The Balaban J connectivity index is 3.10. The highest BCUT2D eigenvalue weighted by Gasteiger charge is 2.29. The predicted molar refractivity (Wildman–Crippen MR) is 90.6 cm³/mol. The number of methoxy groups -OCH3 is 1. The highest BCUT2D eigenvalue weighted by Crippen LogP contribution is 2.31. The van der Waals surface area contributed by atoms with Gasteiger partial charge in [0.1, 0.15) is 5.75 Å². The maximum Gasteiger partial charge on any atom is 0.340 e. The smallest absolute Gasteiger partial charge is 0.340 e. The summed E-state index contributed by atoms with van der Waals surface area (Å²) in [5.74, 6) is 0.233. The Labute approximate surface area is 141 Å². The number of hydrogen-bond acceptors (Lipinski definition) is 4. The van der Waals surface area contributed by atoms with Gasteiger partial charge < -0.3 is 14.2 Å². The van der Waals surface area contributed by atoms with Crippen LogP contribution in [-0.4, -0.2) is 31.6 Å². The zero-order valence-electron chi connectivity index (χ0n) is 13.9. The number of carbonyl (C=O) groups excluding carboxylic acids is 1. The second-order valence-corrected chi connectivity index (χ2v) is 6.55. The second-order valence-electron chi connectivity index (χ2n) is 5.99. The highest BCUT2D eigenvalue weighted by molar-refractivity contribution is 9.09. The Morgan fingerprint density at radius 2 is 2.05 bits per heavy atom. The van der Waals surface area contributed by atoms with Gasteiger partial charge in [-0.1, -0.05) is 41.4 Å². The van der Waals surface area contributed by atoms with Crippen LogP contribution in [-0.2, 0) is 14.3 Å². The number of rotatable bonds is 8. The van der Waals surface area contributed by atoms with E-state index in [1.54, 1.807) is 14.0 Å². The number of halogens is 1. The van der Waals surface area contributed by atoms with Gasteiger partial charge in [-0.25, -0.2) is 4.79 Å². The Morgan fingerprint density at radius 3 is 2.59 bits per heavy atom. The molecule has 0 saturated heterocycles. The van der Waals surface area contributed by atoms with Crippen molar-refractivity contribution in [3.8, 4) is 5.75 Å². The molecule has 0 bridgehead atoms. The van der Waals surface area contributed by atoms with Crippen molar-refractivity contribution in [2.75, 3.05) is 25.7 Å². The van der Waals surface area contributed by atoms with Gasteiger partial charge in [-0.15, -0.1) is 0 Å². The van der Waals surface area contributed by atoms with Crippen LogP contribution in [0.2, 0.25) is 0 Å². The molecule has 1 aromatic rings. The molecule has 0 N–H and O–H groups in total. The lowest BCUT2D eigenvalue weighted by atomic mass is 9.98. The number of hydrogen-bond donors (Lipinski definition) is 0. The van der Waals surface area contributed by atoms with E-state index in [2.05, 4.69) is 29.8 Å². The van der Waals surface area contributed by atoms with Crippen molar-refractivity contribution < 1.29 is 19.0 Å². The molecule has 1 atom stereocenters. The van der Waals surface area contributed by atoms with Crippen LogP contribution in [0.3, 0.4) is 0 Å². The summed E-state index contributed by atoms with van der Waals surface area (Å²) in [5, 5.41) is 0.778. The van der Waals surface area contributed by atoms with Crippen molar-refractivity contribution in [1.82, 2.24) is 0 Å². The van der Waals surface area contributed by atoms with Gasteiger partial charge in [0.05, 0.1) is 20.3 Å². The number of alkyl halides is 1. The zero-order chi connectivity index (χ0) is 16.8. The van der Waals surface area contributed by atoms with Gasteiger partial charge in [0.25, 0.3) is 0 Å². The Kier molecular flexibility index (Phi) is 7.36. The summed E-state index contributed by atoms with van der Waals surface area (Å²) < 4.78 is 16.4. The lowest BCUT2D eigenvalue weighted by Crippen LogP contribution is -2.27. The number of carbonyl (C=O) groups is 1. The molecule has 0 aliphatic heterocycles. The van der Waals surface area contributed by atoms with Crippen molar-refractivity contribution >= 4 is 21.9 Å². The van der Waals surface area contributed by atoms with Crippen LogP contribution in [0.15, 0.2) is 18.2 Å². The summed E-state index contributed by atoms with van der Waals surface area (Å²) in [6, 6.07) is 5.68. The van der Waals surface area contributed by atoms with Gasteiger partial charge in [-0.3, -0.25) is 0 Å². The molecule has 22 heavy (non-hydrogen) atoms. The molecule has 0 aromatic heterocycles. The van der Waals surface area contributed by atoms with Gasteiger partial charge >= 0.3 is 5.97 Å². The van der Waals surface area contributed by atoms with E-state index in [1.807, 2.05) is 25.1 Å². The van der Waals surface area contributed by atoms with Gasteiger partial charge in [0.15, 0.2) is 6.10 Å². The Bertz CT molecular complexity index is 499. The number of aryl methyl sites for hydroxylation is 1. The van der Waals surface area contributed by atoms with Crippen molar-refractivity contribution in [3.63, 3.8) is 0 Å². The molecule has 0 aliphatic rings. The average molecular weight is 373 g/mol. The van der Waals surface area contributed by atoms with E-state index in [0.717, 1.165) is 10.9 Å². The van der Waals surface area contributed by atoms with Gasteiger partial charge in [-0.05, 0) is 31.4 Å². The summed E-state index contributed by atoms with van der Waals surface area (Å²) in [6.07, 6.45) is -0.784. The van der Waals surface area contributed by atoms with Crippen molar-refractivity contribution in [1.29, 1.82) is 0 Å². The van der Waals surface area contributed by atoms with E-state index in [-0.39, 0.29) is 5.41 Å². The summed E-state index contributed by atoms with van der Waals surface area (Å²) in [6.45, 7) is 8.63. The van der Waals surface area contributed by atoms with Crippen LogP contribution in [0, 0.1) is 12.3 Å². The minimum Gasteiger partial charge on any atom is -0.496 e. The summed E-state index contributed by atoms with van der Waals surface area (Å²) in [4.78, 5) is 12.3. The lowest BCUT2D eigenvalue weighted by molar-refractivity contribution is -0.159. The zero-order valence-corrected chi connectivity index (χ0v) is 15.5. The van der Waals surface area contributed by atoms with Crippen molar-refractivity contribution in [3.05, 3.63) is 29.3 Å². The number of ether oxygens (including phenoxy) is 3. The van der Waals surface area contributed by atoms with Gasteiger partial charge in [0.2, 0.25) is 0 Å². The first-order valence-corrected chi connectivity index (χ1v) is 8.45. The van der Waals surface area contributed by atoms with E-state index >= 15 is 0 Å². The largest absolute Gasteiger partial charge is 0.496 e. The molecule has 0 amide bonds. The molecule has 124 valence electrons. The predicted octanol–water partition coefficient (Wildman–Crippen LogP) is 4.05. The minimum absolute atomic E-state index is 0.0815. The summed E-state index contributed by atoms with van der Waals surface area (Å²) in [7, 11) is 1.58. The first-order chi connectivity index (χ1) is 10.3. The molecule has 5 heteroatoms. The van der Waals surface area contributed by atoms with E-state index in [4.69, 9.17) is 14.2 Å². The Hall–Kier alpha value is -1.07. The van der Waals surface area contributed by atoms with Crippen LogP contribution in [0.25, 0.3) is 0 Å². The van der Waals surface area contributed by atoms with E-state index < -0.39 is 12.1 Å². The molecule has 0 spiro atoms. The maximum atomic E-state index is 12.3. The van der Waals surface area contributed by atoms with Gasteiger partial charge in [0, 0.05) is 10.9 Å². The van der Waals surface area contributed by atoms with E-state index in [0.29, 0.717) is 24.5 Å². The third-order valence-corrected chi connectivity index (χ3v) is 4.69. The van der Waals surface area contributed by atoms with Crippen molar-refractivity contribution in [2.24, 2.45) is 5.41 Å². The Morgan fingerprint density at radius 1 is 1.36 bits per heavy atom. The topological polar surface area (TPSA) is 44.8 Å². The van der Waals surface area contributed by atoms with Crippen LogP contribution in [0.4, 0.5) is 0 Å². The molecule has 0 aliphatic carbocycles. The molecule has 0 saturated carbocycles. The molecule has 0 heterocycles. The van der Waals surface area contributed by atoms with Crippen LogP contribution >= 0.6 is 15.9 Å². The fourth-order valence-electron chi connectivity index (χ4n) is 1.91. The fourth-order valence-corrected chi connectivity index (χ4v) is 2.07. The normalized spacial score (nSPS) is 12.8. The fraction of sp³-hybridized carbons (Fsp3) is 0.588. The first kappa shape index (κ1) is 19.0. The standard InChI is InChI=1S/C17H25BrO4/c1-6-21-16(19)15(22-11-17(3,4)10-18)13-9-12(2)7-8-14(13)20-5/h7-9,15H,6,10-11H2,1-5H3. The average Bonchev–Trinajstić information content (AvgIpc) is 2.48. The molecular formula is C17H25BrO4. The molecular weight excluding hydrogens is 348 g/mol. The maximum absolute atomic E-state index is 12.3. The number of esters is 1. The first-order valence-electron chi connectivity index (χ1n) is 7.33. The molecule has 1 unspecified atom stereocenters. The lowest BCUT2D eigenvalue weighted by Gasteiger charge is -2.26. The second kappa shape index (κ2) is 8.53.